The molecule has 9 heteroatoms. The lowest BCUT2D eigenvalue weighted by Crippen LogP contribution is -2.27. The number of hydrogen-bond donors (Lipinski definition) is 1. The summed E-state index contributed by atoms with van der Waals surface area (Å²) in [6.45, 7) is -0.0987. The van der Waals surface area contributed by atoms with Crippen molar-refractivity contribution < 1.29 is 13.3 Å². The molecule has 2 aromatic rings. The number of nitro benzene ring substituents is 1. The van der Waals surface area contributed by atoms with Crippen molar-refractivity contribution in [2.24, 2.45) is 0 Å². The van der Waals surface area contributed by atoms with Crippen molar-refractivity contribution in [3.8, 4) is 0 Å². The van der Waals surface area contributed by atoms with Crippen LogP contribution < -0.4 is 0 Å². The fraction of sp³-hybridized carbons (Fsp3) is 0.182. The van der Waals surface area contributed by atoms with Crippen LogP contribution in [0, 0.1) is 10.1 Å². The van der Waals surface area contributed by atoms with Gasteiger partial charge in [-0.2, -0.15) is 9.40 Å². The van der Waals surface area contributed by atoms with E-state index < -0.39 is 14.9 Å². The number of benzene rings is 1. The summed E-state index contributed by atoms with van der Waals surface area (Å²) in [4.78, 5) is 10.4. The third-order valence-corrected chi connectivity index (χ3v) is 4.48. The molecule has 106 valence electrons. The third-order valence-electron chi connectivity index (χ3n) is 2.74. The third kappa shape index (κ3) is 2.68. The maximum absolute atomic E-state index is 12.2. The van der Waals surface area contributed by atoms with Crippen LogP contribution in [-0.4, -0.2) is 34.9 Å². The van der Waals surface area contributed by atoms with E-state index >= 15 is 0 Å². The Kier molecular flexibility index (Phi) is 3.81. The van der Waals surface area contributed by atoms with Crippen LogP contribution in [0.1, 0.15) is 5.56 Å². The zero-order valence-electron chi connectivity index (χ0n) is 10.6. The van der Waals surface area contributed by atoms with Gasteiger partial charge in [0, 0.05) is 25.2 Å². The summed E-state index contributed by atoms with van der Waals surface area (Å²) in [7, 11) is -2.39. The fourth-order valence-corrected chi connectivity index (χ4v) is 2.75. The quantitative estimate of drug-likeness (QED) is 0.657. The number of aromatic amines is 1. The van der Waals surface area contributed by atoms with Crippen LogP contribution in [0.5, 0.6) is 0 Å². The molecule has 20 heavy (non-hydrogen) atoms. The van der Waals surface area contributed by atoms with E-state index in [0.29, 0.717) is 5.56 Å². The second-order valence-electron chi connectivity index (χ2n) is 4.07. The van der Waals surface area contributed by atoms with Crippen molar-refractivity contribution in [1.82, 2.24) is 14.5 Å². The van der Waals surface area contributed by atoms with Crippen molar-refractivity contribution in [2.75, 3.05) is 7.05 Å². The van der Waals surface area contributed by atoms with Crippen LogP contribution in [0.25, 0.3) is 0 Å². The van der Waals surface area contributed by atoms with E-state index in [1.165, 1.54) is 37.5 Å². The van der Waals surface area contributed by atoms with Crippen LogP contribution in [0.15, 0.2) is 41.6 Å². The van der Waals surface area contributed by atoms with E-state index in [1.807, 2.05) is 0 Å². The maximum atomic E-state index is 12.2. The highest BCUT2D eigenvalue weighted by atomic mass is 32.2. The number of rotatable bonds is 5. The number of sulfonamides is 1. The lowest BCUT2D eigenvalue weighted by molar-refractivity contribution is -0.385. The van der Waals surface area contributed by atoms with Crippen LogP contribution in [0.2, 0.25) is 0 Å². The second kappa shape index (κ2) is 5.39. The molecule has 0 aliphatic rings. The number of nitrogens with zero attached hydrogens (tertiary/aromatic N) is 3. The molecule has 0 fully saturated rings. The standard InChI is InChI=1S/C11H12N4O4S/c1-14(20(18,19)11-6-7-12-13-11)8-9-4-2-3-5-10(9)15(16)17/h2-7H,8H2,1H3,(H,12,13). The predicted octanol–water partition coefficient (Wildman–Crippen LogP) is 1.14. The molecular weight excluding hydrogens is 284 g/mol. The first-order valence-electron chi connectivity index (χ1n) is 5.61. The second-order valence-corrected chi connectivity index (χ2v) is 6.08. The van der Waals surface area contributed by atoms with Gasteiger partial charge in [0.1, 0.15) is 0 Å². The van der Waals surface area contributed by atoms with E-state index in [0.717, 1.165) is 4.31 Å². The summed E-state index contributed by atoms with van der Waals surface area (Å²) in [5, 5.41) is 16.8. The van der Waals surface area contributed by atoms with Gasteiger partial charge in [-0.3, -0.25) is 15.2 Å². The van der Waals surface area contributed by atoms with Gasteiger partial charge >= 0.3 is 0 Å². The minimum absolute atomic E-state index is 0.0569. The summed E-state index contributed by atoms with van der Waals surface area (Å²) >= 11 is 0. The number of hydrogen-bond acceptors (Lipinski definition) is 5. The van der Waals surface area contributed by atoms with Crippen LogP contribution in [-0.2, 0) is 16.6 Å². The summed E-state index contributed by atoms with van der Waals surface area (Å²) < 4.78 is 25.4. The Balaban J connectivity index is 2.29. The molecule has 1 N–H and O–H groups in total. The van der Waals surface area contributed by atoms with E-state index in [1.54, 1.807) is 6.07 Å². The molecule has 2 rings (SSSR count). The molecule has 1 aromatic heterocycles. The predicted molar refractivity (Wildman–Crippen MR) is 70.3 cm³/mol. The monoisotopic (exact) mass is 296 g/mol. The van der Waals surface area contributed by atoms with Crippen molar-refractivity contribution in [3.63, 3.8) is 0 Å². The Hall–Kier alpha value is -2.26. The summed E-state index contributed by atoms with van der Waals surface area (Å²) in [6, 6.07) is 7.35. The minimum atomic E-state index is -3.74. The molecule has 0 aliphatic heterocycles. The molecule has 0 saturated carbocycles. The van der Waals surface area contributed by atoms with Crippen molar-refractivity contribution in [1.29, 1.82) is 0 Å². The Morgan fingerprint density at radius 2 is 2.05 bits per heavy atom. The summed E-state index contributed by atoms with van der Waals surface area (Å²) in [6.07, 6.45) is 1.33. The highest BCUT2D eigenvalue weighted by Gasteiger charge is 2.24. The Morgan fingerprint density at radius 3 is 2.65 bits per heavy atom. The Labute approximate surface area is 115 Å². The molecule has 0 saturated heterocycles. The molecule has 1 heterocycles. The van der Waals surface area contributed by atoms with Gasteiger partial charge in [-0.1, -0.05) is 18.2 Å². The molecule has 0 unspecified atom stereocenters. The number of aromatic nitrogens is 2. The average Bonchev–Trinajstić information content (AvgIpc) is 2.93. The first-order chi connectivity index (χ1) is 9.43. The van der Waals surface area contributed by atoms with Gasteiger partial charge in [-0.25, -0.2) is 8.42 Å². The lowest BCUT2D eigenvalue weighted by Gasteiger charge is -2.15. The van der Waals surface area contributed by atoms with Gasteiger partial charge in [0.15, 0.2) is 5.03 Å². The molecule has 0 bridgehead atoms. The van der Waals surface area contributed by atoms with Gasteiger partial charge in [-0.05, 0) is 6.07 Å². The first-order valence-corrected chi connectivity index (χ1v) is 7.05. The number of nitro groups is 1. The normalized spacial score (nSPS) is 11.7. The van der Waals surface area contributed by atoms with Gasteiger partial charge in [0.2, 0.25) is 0 Å². The zero-order chi connectivity index (χ0) is 14.8. The van der Waals surface area contributed by atoms with Gasteiger partial charge in [0.05, 0.1) is 11.1 Å². The summed E-state index contributed by atoms with van der Waals surface area (Å²) in [5.74, 6) is 0. The van der Waals surface area contributed by atoms with Crippen LogP contribution in [0.3, 0.4) is 0 Å². The molecule has 8 nitrogen and oxygen atoms in total. The molecular formula is C11H12N4O4S. The highest BCUT2D eigenvalue weighted by molar-refractivity contribution is 7.89. The van der Waals surface area contributed by atoms with Gasteiger partial charge < -0.3 is 0 Å². The molecule has 1 aromatic carbocycles. The SMILES string of the molecule is CN(Cc1ccccc1[N+](=O)[O-])S(=O)(=O)c1ccn[nH]1. The van der Waals surface area contributed by atoms with E-state index in [4.69, 9.17) is 0 Å². The van der Waals surface area contributed by atoms with Gasteiger partial charge in [-0.15, -0.1) is 0 Å². The number of H-pyrrole nitrogens is 1. The molecule has 0 radical (unpaired) electrons. The average molecular weight is 296 g/mol. The summed E-state index contributed by atoms with van der Waals surface area (Å²) in [5.41, 5.74) is 0.210. The van der Waals surface area contributed by atoms with E-state index in [2.05, 4.69) is 10.2 Å². The molecule has 0 spiro atoms. The minimum Gasteiger partial charge on any atom is -0.266 e. The number of nitrogens with one attached hydrogen (secondary N) is 1. The smallest absolute Gasteiger partial charge is 0.266 e. The van der Waals surface area contributed by atoms with Gasteiger partial charge in [0.25, 0.3) is 15.7 Å². The van der Waals surface area contributed by atoms with Crippen molar-refractivity contribution >= 4 is 15.7 Å². The zero-order valence-corrected chi connectivity index (χ0v) is 11.4. The van der Waals surface area contributed by atoms with Crippen LogP contribution in [0.4, 0.5) is 5.69 Å². The Bertz CT molecular complexity index is 712. The fourth-order valence-electron chi connectivity index (χ4n) is 1.70. The number of para-hydroxylation sites is 1. The topological polar surface area (TPSA) is 109 Å². The van der Waals surface area contributed by atoms with Crippen molar-refractivity contribution in [2.45, 2.75) is 11.6 Å². The largest absolute Gasteiger partial charge is 0.273 e. The highest BCUT2D eigenvalue weighted by Crippen LogP contribution is 2.21. The Morgan fingerprint density at radius 1 is 1.35 bits per heavy atom. The molecule has 0 amide bonds. The molecule has 0 aliphatic carbocycles. The molecule has 0 atom stereocenters. The van der Waals surface area contributed by atoms with Crippen LogP contribution >= 0.6 is 0 Å². The maximum Gasteiger partial charge on any atom is 0.273 e. The first kappa shape index (κ1) is 14.2. The van der Waals surface area contributed by atoms with Crippen molar-refractivity contribution in [3.05, 3.63) is 52.2 Å². The van der Waals surface area contributed by atoms with E-state index in [-0.39, 0.29) is 17.3 Å². The van der Waals surface area contributed by atoms with E-state index in [9.17, 15) is 18.5 Å². The lowest BCUT2D eigenvalue weighted by atomic mass is 10.2.